The number of rotatable bonds is 3. The third-order valence-electron chi connectivity index (χ3n) is 2.08. The van der Waals surface area contributed by atoms with Crippen molar-refractivity contribution in [2.24, 2.45) is 0 Å². The highest BCUT2D eigenvalue weighted by atomic mass is 32.1. The van der Waals surface area contributed by atoms with Crippen LogP contribution in [-0.4, -0.2) is 0 Å². The van der Waals surface area contributed by atoms with Crippen molar-refractivity contribution >= 4 is 17.0 Å². The second-order valence-corrected chi connectivity index (χ2v) is 4.19. The number of hydrogen-bond donors (Lipinski definition) is 1. The Labute approximate surface area is 93.8 Å². The smallest absolute Gasteiger partial charge is 0.0494 e. The van der Waals surface area contributed by atoms with Crippen molar-refractivity contribution in [3.8, 4) is 12.3 Å². The van der Waals surface area contributed by atoms with Gasteiger partial charge in [-0.1, -0.05) is 18.1 Å². The summed E-state index contributed by atoms with van der Waals surface area (Å²) >= 11 is 1.75. The molecule has 2 aromatic rings. The molecular weight excluding hydrogens is 202 g/mol. The molecule has 1 heterocycles. The molecule has 0 aliphatic carbocycles. The van der Waals surface area contributed by atoms with Crippen molar-refractivity contribution in [2.45, 2.75) is 6.54 Å². The van der Waals surface area contributed by atoms with Gasteiger partial charge >= 0.3 is 0 Å². The topological polar surface area (TPSA) is 12.0 Å². The Morgan fingerprint density at radius 2 is 2.20 bits per heavy atom. The minimum Gasteiger partial charge on any atom is -0.380 e. The molecule has 1 aromatic carbocycles. The van der Waals surface area contributed by atoms with Crippen LogP contribution in [0.1, 0.15) is 10.4 Å². The Morgan fingerprint density at radius 3 is 2.93 bits per heavy atom. The minimum atomic E-state index is 0.853. The van der Waals surface area contributed by atoms with E-state index < -0.39 is 0 Å². The summed E-state index contributed by atoms with van der Waals surface area (Å²) in [4.78, 5) is 1.32. The molecule has 0 unspecified atom stereocenters. The summed E-state index contributed by atoms with van der Waals surface area (Å²) in [7, 11) is 0. The van der Waals surface area contributed by atoms with Gasteiger partial charge < -0.3 is 5.32 Å². The quantitative estimate of drug-likeness (QED) is 0.771. The Bertz CT molecular complexity index is 466. The number of nitrogens with one attached hydrogen (secondary N) is 1. The van der Waals surface area contributed by atoms with Crippen molar-refractivity contribution in [1.29, 1.82) is 0 Å². The maximum absolute atomic E-state index is 5.33. The lowest BCUT2D eigenvalue weighted by molar-refractivity contribution is 1.19. The van der Waals surface area contributed by atoms with Crippen LogP contribution in [0.5, 0.6) is 0 Å². The van der Waals surface area contributed by atoms with Gasteiger partial charge in [-0.3, -0.25) is 0 Å². The van der Waals surface area contributed by atoms with Crippen LogP contribution in [0.3, 0.4) is 0 Å². The molecule has 0 aliphatic rings. The lowest BCUT2D eigenvalue weighted by Gasteiger charge is -2.04. The van der Waals surface area contributed by atoms with Gasteiger partial charge in [-0.15, -0.1) is 17.8 Å². The van der Waals surface area contributed by atoms with Crippen LogP contribution in [0.2, 0.25) is 0 Å². The van der Waals surface area contributed by atoms with Crippen molar-refractivity contribution in [2.75, 3.05) is 5.32 Å². The van der Waals surface area contributed by atoms with E-state index in [1.54, 1.807) is 11.3 Å². The Morgan fingerprint density at radius 1 is 1.27 bits per heavy atom. The summed E-state index contributed by atoms with van der Waals surface area (Å²) in [6, 6.07) is 12.1. The predicted octanol–water partition coefficient (Wildman–Crippen LogP) is 3.34. The molecule has 0 spiro atoms. The first kappa shape index (κ1) is 9.82. The van der Waals surface area contributed by atoms with E-state index in [2.05, 4.69) is 28.8 Å². The van der Waals surface area contributed by atoms with E-state index in [1.807, 2.05) is 24.3 Å². The summed E-state index contributed by atoms with van der Waals surface area (Å²) in [6.45, 7) is 0.853. The van der Waals surface area contributed by atoms with Gasteiger partial charge in [-0.2, -0.15) is 0 Å². The zero-order valence-corrected chi connectivity index (χ0v) is 9.05. The zero-order valence-electron chi connectivity index (χ0n) is 8.23. The lowest BCUT2D eigenvalue weighted by atomic mass is 10.2. The highest BCUT2D eigenvalue weighted by Gasteiger charge is 1.95. The highest BCUT2D eigenvalue weighted by molar-refractivity contribution is 7.09. The van der Waals surface area contributed by atoms with Gasteiger partial charge in [0.15, 0.2) is 0 Å². The Balaban J connectivity index is 2.02. The Hall–Kier alpha value is -1.72. The average Bonchev–Trinajstić information content (AvgIpc) is 2.79. The summed E-state index contributed by atoms with van der Waals surface area (Å²) in [5, 5.41) is 5.41. The molecule has 0 aliphatic heterocycles. The van der Waals surface area contributed by atoms with E-state index in [-0.39, 0.29) is 0 Å². The molecule has 1 aromatic heterocycles. The fraction of sp³-hybridized carbons (Fsp3) is 0.0769. The predicted molar refractivity (Wildman–Crippen MR) is 66.0 cm³/mol. The normalized spacial score (nSPS) is 9.53. The molecule has 1 nitrogen and oxygen atoms in total. The van der Waals surface area contributed by atoms with Gasteiger partial charge in [0, 0.05) is 22.7 Å². The van der Waals surface area contributed by atoms with Crippen molar-refractivity contribution in [3.05, 3.63) is 52.2 Å². The van der Waals surface area contributed by atoms with Crippen LogP contribution >= 0.6 is 11.3 Å². The van der Waals surface area contributed by atoms with Gasteiger partial charge in [0.25, 0.3) is 0 Å². The fourth-order valence-electron chi connectivity index (χ4n) is 1.32. The lowest BCUT2D eigenvalue weighted by Crippen LogP contribution is -1.97. The number of benzene rings is 1. The van der Waals surface area contributed by atoms with E-state index in [0.29, 0.717) is 0 Å². The number of thiophene rings is 1. The Kier molecular flexibility index (Phi) is 3.06. The highest BCUT2D eigenvalue weighted by Crippen LogP contribution is 2.14. The van der Waals surface area contributed by atoms with E-state index in [4.69, 9.17) is 6.42 Å². The minimum absolute atomic E-state index is 0.853. The summed E-state index contributed by atoms with van der Waals surface area (Å²) in [6.07, 6.45) is 5.33. The second kappa shape index (κ2) is 4.68. The van der Waals surface area contributed by atoms with Crippen LogP contribution in [0, 0.1) is 12.3 Å². The molecule has 0 radical (unpaired) electrons. The largest absolute Gasteiger partial charge is 0.380 e. The second-order valence-electron chi connectivity index (χ2n) is 3.16. The van der Waals surface area contributed by atoms with E-state index in [9.17, 15) is 0 Å². The van der Waals surface area contributed by atoms with Crippen LogP contribution < -0.4 is 5.32 Å². The maximum Gasteiger partial charge on any atom is 0.0494 e. The van der Waals surface area contributed by atoms with E-state index in [1.165, 1.54) is 4.88 Å². The molecule has 0 saturated carbocycles. The van der Waals surface area contributed by atoms with Gasteiger partial charge in [0.05, 0.1) is 0 Å². The first-order valence-electron chi connectivity index (χ1n) is 4.71. The van der Waals surface area contributed by atoms with E-state index in [0.717, 1.165) is 17.8 Å². The van der Waals surface area contributed by atoms with Gasteiger partial charge in [0.1, 0.15) is 0 Å². The van der Waals surface area contributed by atoms with E-state index >= 15 is 0 Å². The first-order chi connectivity index (χ1) is 7.38. The standard InChI is InChI=1S/C13H11NS/c1-2-11-5-3-6-12(9-11)14-10-13-7-4-8-15-13/h1,3-9,14H,10H2. The molecule has 0 fully saturated rings. The van der Waals surface area contributed by atoms with Crippen LogP contribution in [0.4, 0.5) is 5.69 Å². The monoisotopic (exact) mass is 213 g/mol. The summed E-state index contributed by atoms with van der Waals surface area (Å²) < 4.78 is 0. The molecule has 0 atom stereocenters. The molecule has 1 N–H and O–H groups in total. The fourth-order valence-corrected chi connectivity index (χ4v) is 1.97. The summed E-state index contributed by atoms with van der Waals surface area (Å²) in [5.74, 6) is 2.62. The molecular formula is C13H11NS. The van der Waals surface area contributed by atoms with Crippen LogP contribution in [0.15, 0.2) is 41.8 Å². The third-order valence-corrected chi connectivity index (χ3v) is 2.95. The van der Waals surface area contributed by atoms with Crippen molar-refractivity contribution < 1.29 is 0 Å². The molecule has 0 saturated heterocycles. The maximum atomic E-state index is 5.33. The van der Waals surface area contributed by atoms with Gasteiger partial charge in [-0.05, 0) is 29.6 Å². The zero-order chi connectivity index (χ0) is 10.5. The average molecular weight is 213 g/mol. The molecule has 2 rings (SSSR count). The van der Waals surface area contributed by atoms with Gasteiger partial charge in [-0.25, -0.2) is 0 Å². The number of hydrogen-bond acceptors (Lipinski definition) is 2. The van der Waals surface area contributed by atoms with Crippen LogP contribution in [-0.2, 0) is 6.54 Å². The molecule has 0 bridgehead atoms. The molecule has 15 heavy (non-hydrogen) atoms. The third kappa shape index (κ3) is 2.61. The van der Waals surface area contributed by atoms with Crippen LogP contribution in [0.25, 0.3) is 0 Å². The number of anilines is 1. The van der Waals surface area contributed by atoms with Crippen molar-refractivity contribution in [1.82, 2.24) is 0 Å². The SMILES string of the molecule is C#Cc1cccc(NCc2cccs2)c1. The summed E-state index contributed by atoms with van der Waals surface area (Å²) in [5.41, 5.74) is 1.98. The van der Waals surface area contributed by atoms with Crippen molar-refractivity contribution in [3.63, 3.8) is 0 Å². The number of terminal acetylenes is 1. The molecule has 2 heteroatoms. The first-order valence-corrected chi connectivity index (χ1v) is 5.59. The van der Waals surface area contributed by atoms with Gasteiger partial charge in [0.2, 0.25) is 0 Å². The molecule has 0 amide bonds. The molecule has 74 valence electrons.